The summed E-state index contributed by atoms with van der Waals surface area (Å²) in [5.41, 5.74) is -0.373. The minimum Gasteiger partial charge on any atom is -0.478 e. The van der Waals surface area contributed by atoms with Gasteiger partial charge in [0.05, 0.1) is 11.7 Å². The Morgan fingerprint density at radius 1 is 1.21 bits per heavy atom. The molecular formula is C15H26O4. The maximum absolute atomic E-state index is 11.4. The lowest BCUT2D eigenvalue weighted by atomic mass is 9.87. The summed E-state index contributed by atoms with van der Waals surface area (Å²) in [4.78, 5) is 20.7. The molecule has 1 N–H and O–H groups in total. The van der Waals surface area contributed by atoms with Gasteiger partial charge in [-0.3, -0.25) is 4.79 Å². The van der Waals surface area contributed by atoms with Crippen molar-refractivity contribution >= 4 is 11.9 Å². The zero-order valence-corrected chi connectivity index (χ0v) is 12.3. The molecule has 0 aromatic heterocycles. The summed E-state index contributed by atoms with van der Waals surface area (Å²) in [5.74, 6) is -1.16. The Hall–Kier alpha value is -1.58. The lowest BCUT2D eigenvalue weighted by Gasteiger charge is -2.20. The topological polar surface area (TPSA) is 63.6 Å². The van der Waals surface area contributed by atoms with Crippen LogP contribution in [-0.4, -0.2) is 17.0 Å². The van der Waals surface area contributed by atoms with E-state index in [0.717, 1.165) is 18.9 Å². The van der Waals surface area contributed by atoms with E-state index in [0.29, 0.717) is 0 Å². The molecule has 4 nitrogen and oxygen atoms in total. The Balaban J connectivity index is 0. The van der Waals surface area contributed by atoms with Gasteiger partial charge in [0.2, 0.25) is 0 Å². The Labute approximate surface area is 116 Å². The molecule has 0 amide bonds. The van der Waals surface area contributed by atoms with Gasteiger partial charge >= 0.3 is 11.9 Å². The minimum absolute atomic E-state index is 0.177. The van der Waals surface area contributed by atoms with Crippen LogP contribution in [0.15, 0.2) is 25.5 Å². The van der Waals surface area contributed by atoms with Crippen LogP contribution < -0.4 is 0 Å². The molecule has 110 valence electrons. The number of aliphatic carboxylic acids is 1. The third-order valence-corrected chi connectivity index (χ3v) is 2.57. The summed E-state index contributed by atoms with van der Waals surface area (Å²) in [7, 11) is 0. The Morgan fingerprint density at radius 3 is 2.11 bits per heavy atom. The standard InChI is InChI=1S/C12H22O2.C3H4O2/c1-5-7-8-9-10-12(3,4)11(13)14-6-2;1-2-3(4)5/h6H,2,5,7-10H2,1,3-4H3;2H,1H2,(H,4,5). The Morgan fingerprint density at radius 2 is 1.74 bits per heavy atom. The molecule has 0 rings (SSSR count). The molecule has 0 heterocycles. The van der Waals surface area contributed by atoms with E-state index in [1.165, 1.54) is 25.5 Å². The molecule has 0 aromatic rings. The smallest absolute Gasteiger partial charge is 0.327 e. The van der Waals surface area contributed by atoms with Crippen LogP contribution in [0.5, 0.6) is 0 Å². The van der Waals surface area contributed by atoms with Gasteiger partial charge in [0.25, 0.3) is 0 Å². The van der Waals surface area contributed by atoms with Gasteiger partial charge in [0.1, 0.15) is 0 Å². The van der Waals surface area contributed by atoms with Crippen molar-refractivity contribution in [1.82, 2.24) is 0 Å². The molecule has 0 aromatic carbocycles. The molecule has 0 radical (unpaired) electrons. The van der Waals surface area contributed by atoms with E-state index in [1.807, 2.05) is 13.8 Å². The first kappa shape index (κ1) is 19.8. The normalized spacial score (nSPS) is 9.84. The fourth-order valence-corrected chi connectivity index (χ4v) is 1.33. The van der Waals surface area contributed by atoms with Crippen molar-refractivity contribution in [2.24, 2.45) is 5.41 Å². The van der Waals surface area contributed by atoms with Crippen molar-refractivity contribution in [3.63, 3.8) is 0 Å². The summed E-state index contributed by atoms with van der Waals surface area (Å²) in [5, 5.41) is 7.60. The summed E-state index contributed by atoms with van der Waals surface area (Å²) < 4.78 is 4.79. The van der Waals surface area contributed by atoms with Crippen molar-refractivity contribution in [1.29, 1.82) is 0 Å². The summed E-state index contributed by atoms with van der Waals surface area (Å²) >= 11 is 0. The second-order valence-electron chi connectivity index (χ2n) is 4.81. The molecule has 0 bridgehead atoms. The lowest BCUT2D eigenvalue weighted by molar-refractivity contribution is -0.148. The highest BCUT2D eigenvalue weighted by Gasteiger charge is 2.27. The molecule has 0 aliphatic heterocycles. The van der Waals surface area contributed by atoms with Gasteiger partial charge in [0.15, 0.2) is 0 Å². The number of carbonyl (C=O) groups is 2. The van der Waals surface area contributed by atoms with E-state index >= 15 is 0 Å². The first-order valence-electron chi connectivity index (χ1n) is 6.49. The van der Waals surface area contributed by atoms with Crippen molar-refractivity contribution in [3.8, 4) is 0 Å². The molecule has 0 fully saturated rings. The number of hydrogen-bond acceptors (Lipinski definition) is 3. The van der Waals surface area contributed by atoms with Crippen molar-refractivity contribution in [2.45, 2.75) is 52.9 Å². The van der Waals surface area contributed by atoms with Gasteiger partial charge in [-0.05, 0) is 20.3 Å². The predicted molar refractivity (Wildman–Crippen MR) is 76.7 cm³/mol. The zero-order valence-electron chi connectivity index (χ0n) is 12.3. The van der Waals surface area contributed by atoms with Crippen LogP contribution in [0.1, 0.15) is 52.9 Å². The fourth-order valence-electron chi connectivity index (χ4n) is 1.33. The van der Waals surface area contributed by atoms with Gasteiger partial charge in [0, 0.05) is 6.08 Å². The average molecular weight is 270 g/mol. The fraction of sp³-hybridized carbons (Fsp3) is 0.600. The zero-order chi connectivity index (χ0) is 15.3. The Kier molecular flexibility index (Phi) is 12.0. The number of unbranched alkanes of at least 4 members (excludes halogenated alkanes) is 3. The number of ether oxygens (including phenoxy) is 1. The van der Waals surface area contributed by atoms with Crippen molar-refractivity contribution < 1.29 is 19.4 Å². The first-order valence-corrected chi connectivity index (χ1v) is 6.49. The maximum Gasteiger partial charge on any atom is 0.327 e. The Bertz CT molecular complexity index is 293. The van der Waals surface area contributed by atoms with E-state index in [2.05, 4.69) is 20.1 Å². The summed E-state index contributed by atoms with van der Waals surface area (Å²) in [6.45, 7) is 12.4. The predicted octanol–water partition coefficient (Wildman–Crippen LogP) is 3.93. The molecule has 19 heavy (non-hydrogen) atoms. The SMILES string of the molecule is C=CC(=O)O.C=COC(=O)C(C)(C)CCCCCC. The molecule has 0 aliphatic carbocycles. The van der Waals surface area contributed by atoms with Crippen LogP contribution in [0.2, 0.25) is 0 Å². The van der Waals surface area contributed by atoms with Gasteiger partial charge in [-0.1, -0.05) is 45.8 Å². The number of esters is 1. The highest BCUT2D eigenvalue weighted by Crippen LogP contribution is 2.25. The monoisotopic (exact) mass is 270 g/mol. The number of carbonyl (C=O) groups excluding carboxylic acids is 1. The van der Waals surface area contributed by atoms with Crippen LogP contribution in [0.4, 0.5) is 0 Å². The van der Waals surface area contributed by atoms with Crippen LogP contribution in [0.25, 0.3) is 0 Å². The van der Waals surface area contributed by atoms with Crippen LogP contribution in [0.3, 0.4) is 0 Å². The summed E-state index contributed by atoms with van der Waals surface area (Å²) in [6.07, 6.45) is 7.67. The van der Waals surface area contributed by atoms with Crippen LogP contribution in [0, 0.1) is 5.41 Å². The number of hydrogen-bond donors (Lipinski definition) is 1. The number of carboxylic acid groups (broad SMARTS) is 1. The highest BCUT2D eigenvalue weighted by molar-refractivity contribution is 5.78. The largest absolute Gasteiger partial charge is 0.478 e. The molecule has 0 atom stereocenters. The second kappa shape index (κ2) is 11.5. The van der Waals surface area contributed by atoms with Crippen LogP contribution in [-0.2, 0) is 14.3 Å². The molecule has 0 aliphatic rings. The third kappa shape index (κ3) is 12.7. The molecular weight excluding hydrogens is 244 g/mol. The number of carboxylic acids is 1. The second-order valence-corrected chi connectivity index (χ2v) is 4.81. The van der Waals surface area contributed by atoms with Crippen LogP contribution >= 0.6 is 0 Å². The molecule has 0 saturated carbocycles. The van der Waals surface area contributed by atoms with Crippen molar-refractivity contribution in [2.75, 3.05) is 0 Å². The third-order valence-electron chi connectivity index (χ3n) is 2.57. The van der Waals surface area contributed by atoms with E-state index in [4.69, 9.17) is 9.84 Å². The van der Waals surface area contributed by atoms with E-state index in [1.54, 1.807) is 0 Å². The lowest BCUT2D eigenvalue weighted by Crippen LogP contribution is -2.25. The summed E-state index contributed by atoms with van der Waals surface area (Å²) in [6, 6.07) is 0. The number of rotatable bonds is 8. The van der Waals surface area contributed by atoms with E-state index in [-0.39, 0.29) is 11.4 Å². The molecule has 0 saturated heterocycles. The quantitative estimate of drug-likeness (QED) is 0.314. The van der Waals surface area contributed by atoms with Gasteiger partial charge in [-0.2, -0.15) is 0 Å². The van der Waals surface area contributed by atoms with Gasteiger partial charge in [-0.15, -0.1) is 0 Å². The molecule has 0 unspecified atom stereocenters. The highest BCUT2D eigenvalue weighted by atomic mass is 16.5. The van der Waals surface area contributed by atoms with E-state index < -0.39 is 5.97 Å². The van der Waals surface area contributed by atoms with E-state index in [9.17, 15) is 9.59 Å². The van der Waals surface area contributed by atoms with Gasteiger partial charge < -0.3 is 9.84 Å². The van der Waals surface area contributed by atoms with Crippen molar-refractivity contribution in [3.05, 3.63) is 25.5 Å². The maximum atomic E-state index is 11.4. The average Bonchev–Trinajstić information content (AvgIpc) is 2.35. The minimum atomic E-state index is -0.981. The first-order chi connectivity index (χ1) is 8.81. The molecule has 4 heteroatoms. The molecule has 0 spiro atoms. The van der Waals surface area contributed by atoms with Gasteiger partial charge in [-0.25, -0.2) is 4.79 Å².